The number of hydrogen-bond acceptors (Lipinski definition) is 6. The molecule has 0 aromatic heterocycles. The molecule has 2 aromatic carbocycles. The zero-order valence-electron chi connectivity index (χ0n) is 18.0. The number of carbonyl (C=O) groups is 2. The number of halogens is 2. The molecule has 11 heteroatoms. The van der Waals surface area contributed by atoms with Gasteiger partial charge in [0.2, 0.25) is 0 Å². The van der Waals surface area contributed by atoms with Gasteiger partial charge >= 0.3 is 6.03 Å². The first kappa shape index (κ1) is 25.2. The minimum atomic E-state index is -0.654. The van der Waals surface area contributed by atoms with Gasteiger partial charge in [-0.3, -0.25) is 4.79 Å². The predicted octanol–water partition coefficient (Wildman–Crippen LogP) is 6.12. The lowest BCUT2D eigenvalue weighted by atomic mass is 10.2. The average Bonchev–Trinajstić information content (AvgIpc) is 3.04. The summed E-state index contributed by atoms with van der Waals surface area (Å²) in [5.74, 6) is 0.726. The average molecular weight is 526 g/mol. The Labute approximate surface area is 211 Å². The summed E-state index contributed by atoms with van der Waals surface area (Å²) in [7, 11) is 1.55. The van der Waals surface area contributed by atoms with E-state index in [-0.39, 0.29) is 10.4 Å². The number of carbonyl (C=O) groups excluding carboxylic acids is 2. The monoisotopic (exact) mass is 525 g/mol. The van der Waals surface area contributed by atoms with Crippen LogP contribution in [0.25, 0.3) is 6.08 Å². The highest BCUT2D eigenvalue weighted by atomic mass is 35.5. The summed E-state index contributed by atoms with van der Waals surface area (Å²) in [6, 6.07) is 9.36. The van der Waals surface area contributed by atoms with Crippen LogP contribution in [0.5, 0.6) is 11.5 Å². The van der Waals surface area contributed by atoms with Crippen LogP contribution >= 0.6 is 47.2 Å². The molecule has 1 heterocycles. The zero-order valence-corrected chi connectivity index (χ0v) is 21.1. The molecule has 3 rings (SSSR count). The molecule has 0 bridgehead atoms. The van der Waals surface area contributed by atoms with Crippen LogP contribution in [0.4, 0.5) is 10.5 Å². The molecule has 174 valence electrons. The molecule has 1 saturated heterocycles. The second kappa shape index (κ2) is 11.1. The third-order valence-electron chi connectivity index (χ3n) is 4.57. The van der Waals surface area contributed by atoms with Crippen LogP contribution in [0.3, 0.4) is 0 Å². The van der Waals surface area contributed by atoms with Crippen LogP contribution < -0.4 is 20.2 Å². The zero-order chi connectivity index (χ0) is 24.1. The smallest absolute Gasteiger partial charge is 0.338 e. The highest BCUT2D eigenvalue weighted by Crippen LogP contribution is 2.34. The number of thiocarbonyl (C=S) groups is 1. The molecule has 1 aliphatic rings. The number of hydrazine groups is 1. The van der Waals surface area contributed by atoms with Crippen molar-refractivity contribution in [1.82, 2.24) is 10.4 Å². The minimum absolute atomic E-state index is 0.0436. The second-order valence-electron chi connectivity index (χ2n) is 6.96. The molecule has 0 radical (unpaired) electrons. The molecular weight excluding hydrogens is 505 g/mol. The van der Waals surface area contributed by atoms with Gasteiger partial charge in [0.1, 0.15) is 0 Å². The van der Waals surface area contributed by atoms with Gasteiger partial charge in [-0.1, -0.05) is 48.0 Å². The fraction of sp³-hybridized carbons (Fsp3) is 0.227. The summed E-state index contributed by atoms with van der Waals surface area (Å²) in [6.07, 6.45) is 2.58. The third-order valence-corrected chi connectivity index (χ3v) is 6.61. The SMILES string of the molecule is CC[C@@H](C)Oc1ccc(/C=C2\SC(=S)N(NC(=O)Nc3ccc(Cl)c(Cl)c3)C2=O)cc1OC. The van der Waals surface area contributed by atoms with E-state index in [4.69, 9.17) is 44.9 Å². The van der Waals surface area contributed by atoms with Gasteiger partial charge in [-0.15, -0.1) is 0 Å². The van der Waals surface area contributed by atoms with Crippen molar-refractivity contribution in [2.75, 3.05) is 12.4 Å². The number of amides is 3. The quantitative estimate of drug-likeness (QED) is 0.335. The number of hydrogen-bond donors (Lipinski definition) is 2. The molecule has 0 aliphatic carbocycles. The maximum Gasteiger partial charge on any atom is 0.338 e. The fourth-order valence-electron chi connectivity index (χ4n) is 2.72. The van der Waals surface area contributed by atoms with Crippen molar-refractivity contribution in [2.24, 2.45) is 0 Å². The summed E-state index contributed by atoms with van der Waals surface area (Å²) in [6.45, 7) is 4.01. The van der Waals surface area contributed by atoms with Crippen LogP contribution in [-0.2, 0) is 4.79 Å². The molecule has 1 atom stereocenters. The van der Waals surface area contributed by atoms with Gasteiger partial charge in [-0.05, 0) is 67.5 Å². The molecule has 1 aliphatic heterocycles. The number of nitrogens with zero attached hydrogens (tertiary/aromatic N) is 1. The third kappa shape index (κ3) is 6.32. The number of nitrogens with one attached hydrogen (secondary N) is 2. The molecular formula is C22H21Cl2N3O4S2. The first-order chi connectivity index (χ1) is 15.7. The first-order valence-electron chi connectivity index (χ1n) is 9.87. The van der Waals surface area contributed by atoms with Gasteiger partial charge in [0.05, 0.1) is 28.2 Å². The number of methoxy groups -OCH3 is 1. The van der Waals surface area contributed by atoms with Crippen LogP contribution in [0, 0.1) is 0 Å². The highest BCUT2D eigenvalue weighted by molar-refractivity contribution is 8.26. The highest BCUT2D eigenvalue weighted by Gasteiger charge is 2.33. The lowest BCUT2D eigenvalue weighted by Gasteiger charge is -2.16. The van der Waals surface area contributed by atoms with Gasteiger partial charge in [-0.25, -0.2) is 10.2 Å². The van der Waals surface area contributed by atoms with Crippen molar-refractivity contribution in [3.05, 3.63) is 56.9 Å². The van der Waals surface area contributed by atoms with E-state index in [1.165, 1.54) is 6.07 Å². The van der Waals surface area contributed by atoms with Gasteiger partial charge in [-0.2, -0.15) is 5.01 Å². The van der Waals surface area contributed by atoms with Crippen molar-refractivity contribution in [2.45, 2.75) is 26.4 Å². The predicted molar refractivity (Wildman–Crippen MR) is 137 cm³/mol. The van der Waals surface area contributed by atoms with Gasteiger partial charge < -0.3 is 14.8 Å². The Kier molecular flexibility index (Phi) is 8.47. The Bertz CT molecular complexity index is 1130. The van der Waals surface area contributed by atoms with Crippen LogP contribution in [0.2, 0.25) is 10.0 Å². The number of urea groups is 1. The van der Waals surface area contributed by atoms with Crippen molar-refractivity contribution >= 4 is 75.2 Å². The molecule has 0 spiro atoms. The first-order valence-corrected chi connectivity index (χ1v) is 11.8. The van der Waals surface area contributed by atoms with E-state index in [2.05, 4.69) is 10.7 Å². The van der Waals surface area contributed by atoms with Crippen LogP contribution in [-0.4, -0.2) is 34.5 Å². The standard InChI is InChI=1S/C22H21Cl2N3O4S2/c1-4-12(2)31-17-8-5-13(9-18(17)30-3)10-19-20(28)27(22(32)33-19)26-21(29)25-14-6-7-15(23)16(24)11-14/h5-12H,4H2,1-3H3,(H2,25,26,29)/b19-10-/t12-/m1/s1. The van der Waals surface area contributed by atoms with E-state index in [0.29, 0.717) is 32.1 Å². The van der Waals surface area contributed by atoms with Gasteiger partial charge in [0.15, 0.2) is 15.8 Å². The van der Waals surface area contributed by atoms with E-state index in [1.54, 1.807) is 37.5 Å². The molecule has 0 unspecified atom stereocenters. The molecule has 2 aromatic rings. The van der Waals surface area contributed by atoms with Gasteiger partial charge in [0, 0.05) is 5.69 Å². The van der Waals surface area contributed by atoms with Gasteiger partial charge in [0.25, 0.3) is 5.91 Å². The Hall–Kier alpha value is -2.46. The number of ether oxygens (including phenoxy) is 2. The summed E-state index contributed by atoms with van der Waals surface area (Å²) < 4.78 is 11.5. The molecule has 3 amide bonds. The summed E-state index contributed by atoms with van der Waals surface area (Å²) in [5.41, 5.74) is 3.58. The Morgan fingerprint density at radius 3 is 2.64 bits per heavy atom. The molecule has 7 nitrogen and oxygen atoms in total. The normalized spacial score (nSPS) is 15.5. The summed E-state index contributed by atoms with van der Waals surface area (Å²) in [4.78, 5) is 25.5. The van der Waals surface area contributed by atoms with Crippen molar-refractivity contribution in [3.8, 4) is 11.5 Å². The number of anilines is 1. The topological polar surface area (TPSA) is 79.9 Å². The molecule has 2 N–H and O–H groups in total. The Balaban J connectivity index is 1.71. The van der Waals surface area contributed by atoms with Crippen LogP contribution in [0.1, 0.15) is 25.8 Å². The number of thioether (sulfide) groups is 1. The molecule has 33 heavy (non-hydrogen) atoms. The van der Waals surface area contributed by atoms with Crippen molar-refractivity contribution in [3.63, 3.8) is 0 Å². The van der Waals surface area contributed by atoms with E-state index < -0.39 is 11.9 Å². The Morgan fingerprint density at radius 1 is 1.21 bits per heavy atom. The van der Waals surface area contributed by atoms with E-state index in [0.717, 1.165) is 28.8 Å². The largest absolute Gasteiger partial charge is 0.493 e. The van der Waals surface area contributed by atoms with Crippen molar-refractivity contribution in [1.29, 1.82) is 0 Å². The summed E-state index contributed by atoms with van der Waals surface area (Å²) in [5, 5.41) is 4.24. The van der Waals surface area contributed by atoms with Crippen LogP contribution in [0.15, 0.2) is 41.3 Å². The lowest BCUT2D eigenvalue weighted by molar-refractivity contribution is -0.123. The maximum absolute atomic E-state index is 12.8. The van der Waals surface area contributed by atoms with E-state index >= 15 is 0 Å². The summed E-state index contributed by atoms with van der Waals surface area (Å²) >= 11 is 18.2. The minimum Gasteiger partial charge on any atom is -0.493 e. The second-order valence-corrected chi connectivity index (χ2v) is 9.45. The van der Waals surface area contributed by atoms with E-state index in [9.17, 15) is 9.59 Å². The Morgan fingerprint density at radius 2 is 1.97 bits per heavy atom. The molecule has 0 saturated carbocycles. The number of rotatable bonds is 7. The maximum atomic E-state index is 12.8. The number of benzene rings is 2. The molecule has 1 fully saturated rings. The lowest BCUT2D eigenvalue weighted by Crippen LogP contribution is -2.46. The fourth-order valence-corrected chi connectivity index (χ4v) is 4.20. The van der Waals surface area contributed by atoms with Crippen molar-refractivity contribution < 1.29 is 19.1 Å². The van der Waals surface area contributed by atoms with E-state index in [1.807, 2.05) is 19.9 Å².